The molecule has 0 unspecified atom stereocenters. The largest absolute Gasteiger partial charge is 0.207 e. The molecule has 0 aliphatic carbocycles. The fourth-order valence-corrected chi connectivity index (χ4v) is 1.65. The van der Waals surface area contributed by atoms with Crippen LogP contribution in [0.2, 0.25) is 0 Å². The van der Waals surface area contributed by atoms with Gasteiger partial charge < -0.3 is 0 Å². The summed E-state index contributed by atoms with van der Waals surface area (Å²) in [6, 6.07) is 16.0. The first-order valence-corrected chi connectivity index (χ1v) is 5.03. The molecule has 0 aliphatic rings. The molecule has 2 aromatic carbocycles. The van der Waals surface area contributed by atoms with Crippen molar-refractivity contribution in [2.45, 2.75) is 0 Å². The Hall–Kier alpha value is -1.54. The zero-order valence-electron chi connectivity index (χ0n) is 7.98. The van der Waals surface area contributed by atoms with E-state index in [9.17, 15) is 4.39 Å². The first kappa shape index (κ1) is 9.99. The Labute approximate surface area is 93.4 Å². The van der Waals surface area contributed by atoms with Crippen molar-refractivity contribution in [3.63, 3.8) is 0 Å². The highest BCUT2D eigenvalue weighted by Gasteiger charge is 2.04. The Bertz CT molecular complexity index is 477. The zero-order chi connectivity index (χ0) is 10.7. The van der Waals surface area contributed by atoms with Crippen molar-refractivity contribution in [1.82, 2.24) is 0 Å². The molecule has 0 fully saturated rings. The van der Waals surface area contributed by atoms with Crippen molar-refractivity contribution < 1.29 is 4.39 Å². The van der Waals surface area contributed by atoms with Crippen LogP contribution in [0.25, 0.3) is 0 Å². The summed E-state index contributed by atoms with van der Waals surface area (Å²) in [6.07, 6.45) is 0. The Morgan fingerprint density at radius 3 is 2.20 bits per heavy atom. The predicted octanol–water partition coefficient (Wildman–Crippen LogP) is 3.59. The van der Waals surface area contributed by atoms with Crippen LogP contribution in [0.3, 0.4) is 0 Å². The fourth-order valence-electron chi connectivity index (χ4n) is 1.39. The summed E-state index contributed by atoms with van der Waals surface area (Å²) in [5.74, 6) is -0.259. The van der Waals surface area contributed by atoms with E-state index in [-0.39, 0.29) is 5.82 Å². The maximum absolute atomic E-state index is 13.0. The van der Waals surface area contributed by atoms with Crippen molar-refractivity contribution in [2.24, 2.45) is 0 Å². The standard InChI is InChI=1S/C13H9FS/c14-12-8-4-7-11(9-12)13(15)10-5-2-1-3-6-10/h1-9H. The van der Waals surface area contributed by atoms with Gasteiger partial charge in [-0.05, 0) is 23.3 Å². The van der Waals surface area contributed by atoms with Gasteiger partial charge in [0.2, 0.25) is 0 Å². The summed E-state index contributed by atoms with van der Waals surface area (Å²) >= 11 is 5.28. The third-order valence-electron chi connectivity index (χ3n) is 2.12. The van der Waals surface area contributed by atoms with Gasteiger partial charge in [-0.25, -0.2) is 4.39 Å². The van der Waals surface area contributed by atoms with Crippen molar-refractivity contribution in [1.29, 1.82) is 0 Å². The SMILES string of the molecule is Fc1cccc(C(=S)c2ccccc2)c1. The Morgan fingerprint density at radius 2 is 1.53 bits per heavy atom. The molecule has 2 rings (SSSR count). The minimum atomic E-state index is -0.259. The molecule has 0 spiro atoms. The van der Waals surface area contributed by atoms with Gasteiger partial charge in [0.25, 0.3) is 0 Å². The first-order valence-electron chi connectivity index (χ1n) is 4.63. The first-order chi connectivity index (χ1) is 7.27. The highest BCUT2D eigenvalue weighted by atomic mass is 32.1. The van der Waals surface area contributed by atoms with Gasteiger partial charge in [-0.15, -0.1) is 0 Å². The summed E-state index contributed by atoms with van der Waals surface area (Å²) in [5, 5.41) is 0. The second-order valence-electron chi connectivity index (χ2n) is 3.21. The molecule has 0 atom stereocenters. The molecule has 0 radical (unpaired) electrons. The third kappa shape index (κ3) is 2.28. The van der Waals surface area contributed by atoms with Gasteiger partial charge >= 0.3 is 0 Å². The fraction of sp³-hybridized carbons (Fsp3) is 0. The normalized spacial score (nSPS) is 9.93. The zero-order valence-corrected chi connectivity index (χ0v) is 8.80. The number of hydrogen-bond acceptors (Lipinski definition) is 1. The van der Waals surface area contributed by atoms with Gasteiger partial charge in [-0.1, -0.05) is 54.7 Å². The molecule has 0 saturated heterocycles. The summed E-state index contributed by atoms with van der Waals surface area (Å²) < 4.78 is 13.0. The summed E-state index contributed by atoms with van der Waals surface area (Å²) in [6.45, 7) is 0. The van der Waals surface area contributed by atoms with Crippen molar-refractivity contribution >= 4 is 17.1 Å². The van der Waals surface area contributed by atoms with Crippen LogP contribution >= 0.6 is 12.2 Å². The lowest BCUT2D eigenvalue weighted by Crippen LogP contribution is -1.99. The molecule has 0 aliphatic heterocycles. The van der Waals surface area contributed by atoms with Crippen molar-refractivity contribution in [3.8, 4) is 0 Å². The second-order valence-corrected chi connectivity index (χ2v) is 3.61. The molecule has 74 valence electrons. The van der Waals surface area contributed by atoms with Crippen LogP contribution in [0.1, 0.15) is 11.1 Å². The number of rotatable bonds is 2. The second kappa shape index (κ2) is 4.32. The van der Waals surface area contributed by atoms with Crippen LogP contribution in [0, 0.1) is 5.82 Å². The quantitative estimate of drug-likeness (QED) is 0.546. The molecule has 0 bridgehead atoms. The number of benzene rings is 2. The molecule has 0 nitrogen and oxygen atoms in total. The van der Waals surface area contributed by atoms with E-state index in [1.54, 1.807) is 6.07 Å². The monoisotopic (exact) mass is 216 g/mol. The average Bonchev–Trinajstić information content (AvgIpc) is 2.29. The molecular weight excluding hydrogens is 207 g/mol. The Kier molecular flexibility index (Phi) is 2.88. The molecule has 0 saturated carbocycles. The molecule has 2 aromatic rings. The Morgan fingerprint density at radius 1 is 0.867 bits per heavy atom. The van der Waals surface area contributed by atoms with Crippen LogP contribution in [-0.4, -0.2) is 4.86 Å². The minimum absolute atomic E-state index is 0.259. The van der Waals surface area contributed by atoms with Gasteiger partial charge in [-0.2, -0.15) is 0 Å². The molecule has 15 heavy (non-hydrogen) atoms. The van der Waals surface area contributed by atoms with Crippen LogP contribution in [-0.2, 0) is 0 Å². The molecule has 0 amide bonds. The minimum Gasteiger partial charge on any atom is -0.207 e. The van der Waals surface area contributed by atoms with E-state index >= 15 is 0 Å². The van der Waals surface area contributed by atoms with E-state index in [1.165, 1.54) is 12.1 Å². The maximum atomic E-state index is 13.0. The molecule has 0 aromatic heterocycles. The number of halogens is 1. The summed E-state index contributed by atoms with van der Waals surface area (Å²) in [4.78, 5) is 0.676. The van der Waals surface area contributed by atoms with Gasteiger partial charge in [0.15, 0.2) is 0 Å². The molecule has 2 heteroatoms. The average molecular weight is 216 g/mol. The third-order valence-corrected chi connectivity index (χ3v) is 2.59. The van der Waals surface area contributed by atoms with E-state index in [0.717, 1.165) is 11.1 Å². The van der Waals surface area contributed by atoms with Gasteiger partial charge in [-0.3, -0.25) is 0 Å². The topological polar surface area (TPSA) is 0 Å². The van der Waals surface area contributed by atoms with Crippen LogP contribution < -0.4 is 0 Å². The summed E-state index contributed by atoms with van der Waals surface area (Å²) in [5.41, 5.74) is 1.69. The van der Waals surface area contributed by atoms with Gasteiger partial charge in [0.05, 0.1) is 4.86 Å². The van der Waals surface area contributed by atoms with Crippen molar-refractivity contribution in [3.05, 3.63) is 71.5 Å². The number of thiocarbonyl (C=S) groups is 1. The van der Waals surface area contributed by atoms with Gasteiger partial charge in [0.1, 0.15) is 5.82 Å². The van der Waals surface area contributed by atoms with Crippen LogP contribution in [0.15, 0.2) is 54.6 Å². The highest BCUT2D eigenvalue weighted by molar-refractivity contribution is 7.81. The van der Waals surface area contributed by atoms with E-state index in [4.69, 9.17) is 12.2 Å². The van der Waals surface area contributed by atoms with E-state index in [1.807, 2.05) is 36.4 Å². The van der Waals surface area contributed by atoms with E-state index in [2.05, 4.69) is 0 Å². The highest BCUT2D eigenvalue weighted by Crippen LogP contribution is 2.12. The van der Waals surface area contributed by atoms with Crippen LogP contribution in [0.5, 0.6) is 0 Å². The number of hydrogen-bond donors (Lipinski definition) is 0. The lowest BCUT2D eigenvalue weighted by Gasteiger charge is -2.03. The van der Waals surface area contributed by atoms with Crippen molar-refractivity contribution in [2.75, 3.05) is 0 Å². The smallest absolute Gasteiger partial charge is 0.123 e. The maximum Gasteiger partial charge on any atom is 0.123 e. The van der Waals surface area contributed by atoms with E-state index in [0.29, 0.717) is 4.86 Å². The Balaban J connectivity index is 2.37. The molecular formula is C13H9FS. The van der Waals surface area contributed by atoms with E-state index < -0.39 is 0 Å². The predicted molar refractivity (Wildman–Crippen MR) is 63.6 cm³/mol. The summed E-state index contributed by atoms with van der Waals surface area (Å²) in [7, 11) is 0. The molecule has 0 N–H and O–H groups in total. The molecule has 0 heterocycles. The van der Waals surface area contributed by atoms with Gasteiger partial charge in [0, 0.05) is 0 Å². The lowest BCUT2D eigenvalue weighted by atomic mass is 10.0. The lowest BCUT2D eigenvalue weighted by molar-refractivity contribution is 0.627. The van der Waals surface area contributed by atoms with Crippen LogP contribution in [0.4, 0.5) is 4.39 Å².